The van der Waals surface area contributed by atoms with Crippen molar-refractivity contribution in [2.24, 2.45) is 0 Å². The second kappa shape index (κ2) is 6.02. The minimum absolute atomic E-state index is 0.0811. The molecule has 0 aliphatic carbocycles. The van der Waals surface area contributed by atoms with Crippen LogP contribution in [0.1, 0.15) is 37.1 Å². The predicted molar refractivity (Wildman–Crippen MR) is 94.8 cm³/mol. The first-order valence-corrected chi connectivity index (χ1v) is 8.59. The highest BCUT2D eigenvalue weighted by Gasteiger charge is 2.32. The third-order valence-electron chi connectivity index (χ3n) is 4.06. The molecule has 1 aliphatic heterocycles. The van der Waals surface area contributed by atoms with Crippen molar-refractivity contribution in [2.45, 2.75) is 42.4 Å². The summed E-state index contributed by atoms with van der Waals surface area (Å²) < 4.78 is 0. The highest BCUT2D eigenvalue weighted by atomic mass is 32.2. The van der Waals surface area contributed by atoms with Crippen LogP contribution in [0.5, 0.6) is 0 Å². The third kappa shape index (κ3) is 3.28. The minimum Gasteiger partial charge on any atom is -0.382 e. The molecule has 0 aromatic heterocycles. The predicted octanol–water partition coefficient (Wildman–Crippen LogP) is 4.13. The number of amides is 1. The monoisotopic (exact) mass is 327 g/mol. The number of fused-ring (bicyclic) bond motifs is 1. The zero-order valence-corrected chi connectivity index (χ0v) is 14.4. The summed E-state index contributed by atoms with van der Waals surface area (Å²) in [6.07, 6.45) is -1.08. The standard InChI is InChI=1S/C19H21NO2S/c1-19(2,3)13-10-8-12(9-11-13)17-16(21)18(22)20-14-6-4-5-7-15(14)23-17/h4-11,16-17,21H,1-3H3,(H,20,22)/t16-,17+/m1/s1. The molecule has 1 amide bonds. The molecule has 2 N–H and O–H groups in total. The van der Waals surface area contributed by atoms with Crippen molar-refractivity contribution in [2.75, 3.05) is 5.32 Å². The van der Waals surface area contributed by atoms with Crippen LogP contribution in [-0.2, 0) is 10.2 Å². The maximum atomic E-state index is 12.2. The number of anilines is 1. The SMILES string of the molecule is CC(C)(C)c1ccc([C@@H]2Sc3ccccc3NC(=O)[C@@H]2O)cc1. The molecule has 1 aliphatic rings. The van der Waals surface area contributed by atoms with Gasteiger partial charge < -0.3 is 10.4 Å². The summed E-state index contributed by atoms with van der Waals surface area (Å²) in [6.45, 7) is 6.50. The second-order valence-corrected chi connectivity index (χ2v) is 8.02. The van der Waals surface area contributed by atoms with E-state index in [1.165, 1.54) is 17.3 Å². The van der Waals surface area contributed by atoms with Gasteiger partial charge in [0, 0.05) is 4.90 Å². The number of carbonyl (C=O) groups excluding carboxylic acids is 1. The highest BCUT2D eigenvalue weighted by molar-refractivity contribution is 7.99. The summed E-state index contributed by atoms with van der Waals surface area (Å²) in [5, 5.41) is 12.9. The van der Waals surface area contributed by atoms with Crippen LogP contribution < -0.4 is 5.32 Å². The van der Waals surface area contributed by atoms with Gasteiger partial charge in [-0.15, -0.1) is 11.8 Å². The Morgan fingerprint density at radius 2 is 1.70 bits per heavy atom. The number of aliphatic hydroxyl groups excluding tert-OH is 1. The summed E-state index contributed by atoms with van der Waals surface area (Å²) in [6, 6.07) is 15.8. The smallest absolute Gasteiger partial charge is 0.254 e. The van der Waals surface area contributed by atoms with Crippen LogP contribution in [0.4, 0.5) is 5.69 Å². The summed E-state index contributed by atoms with van der Waals surface area (Å²) in [5.74, 6) is -0.354. The molecule has 0 saturated carbocycles. The summed E-state index contributed by atoms with van der Waals surface area (Å²) in [7, 11) is 0. The minimum atomic E-state index is -1.08. The largest absolute Gasteiger partial charge is 0.382 e. The van der Waals surface area contributed by atoms with Crippen LogP contribution >= 0.6 is 11.8 Å². The van der Waals surface area contributed by atoms with Crippen LogP contribution in [0, 0.1) is 0 Å². The van der Waals surface area contributed by atoms with Gasteiger partial charge in [0.05, 0.1) is 10.9 Å². The first kappa shape index (κ1) is 16.1. The number of nitrogens with one attached hydrogen (secondary N) is 1. The topological polar surface area (TPSA) is 49.3 Å². The lowest BCUT2D eigenvalue weighted by Gasteiger charge is -2.22. The number of hydrogen-bond donors (Lipinski definition) is 2. The van der Waals surface area contributed by atoms with E-state index in [1.54, 1.807) is 0 Å². The first-order valence-electron chi connectivity index (χ1n) is 7.71. The average Bonchev–Trinajstić information content (AvgIpc) is 2.64. The van der Waals surface area contributed by atoms with Gasteiger partial charge in [-0.1, -0.05) is 57.2 Å². The van der Waals surface area contributed by atoms with Gasteiger partial charge in [0.25, 0.3) is 5.91 Å². The highest BCUT2D eigenvalue weighted by Crippen LogP contribution is 2.43. The molecule has 2 aromatic rings. The Morgan fingerprint density at radius 3 is 2.35 bits per heavy atom. The van der Waals surface area contributed by atoms with E-state index in [-0.39, 0.29) is 16.6 Å². The van der Waals surface area contributed by atoms with Crippen molar-refractivity contribution < 1.29 is 9.90 Å². The van der Waals surface area contributed by atoms with Gasteiger partial charge in [-0.05, 0) is 28.7 Å². The van der Waals surface area contributed by atoms with Crippen LogP contribution in [0.15, 0.2) is 53.4 Å². The zero-order chi connectivity index (χ0) is 16.6. The number of aliphatic hydroxyl groups is 1. The van der Waals surface area contributed by atoms with Crippen molar-refractivity contribution in [1.82, 2.24) is 0 Å². The fourth-order valence-corrected chi connectivity index (χ4v) is 3.86. The molecule has 0 fully saturated rings. The maximum absolute atomic E-state index is 12.2. The Bertz CT molecular complexity index is 719. The van der Waals surface area contributed by atoms with Crippen LogP contribution in [0.25, 0.3) is 0 Å². The second-order valence-electron chi connectivity index (χ2n) is 6.84. The van der Waals surface area contributed by atoms with Crippen molar-refractivity contribution in [1.29, 1.82) is 0 Å². The van der Waals surface area contributed by atoms with Gasteiger partial charge in [0.1, 0.15) is 6.10 Å². The average molecular weight is 327 g/mol. The fraction of sp³-hybridized carbons (Fsp3) is 0.316. The molecule has 2 aromatic carbocycles. The Kier molecular flexibility index (Phi) is 4.21. The van der Waals surface area contributed by atoms with Gasteiger partial charge >= 0.3 is 0 Å². The molecule has 1 heterocycles. The Morgan fingerprint density at radius 1 is 1.04 bits per heavy atom. The van der Waals surface area contributed by atoms with Crippen LogP contribution in [0.3, 0.4) is 0 Å². The molecule has 23 heavy (non-hydrogen) atoms. The number of rotatable bonds is 1. The first-order chi connectivity index (χ1) is 10.9. The molecular weight excluding hydrogens is 306 g/mol. The van der Waals surface area contributed by atoms with Crippen LogP contribution in [-0.4, -0.2) is 17.1 Å². The molecule has 0 unspecified atom stereocenters. The Balaban J connectivity index is 1.96. The molecule has 3 rings (SSSR count). The molecule has 4 heteroatoms. The molecule has 3 nitrogen and oxygen atoms in total. The quantitative estimate of drug-likeness (QED) is 0.828. The third-order valence-corrected chi connectivity index (χ3v) is 5.45. The fourth-order valence-electron chi connectivity index (χ4n) is 2.64. The lowest BCUT2D eigenvalue weighted by Crippen LogP contribution is -2.30. The normalized spacial score (nSPS) is 21.3. The summed E-state index contributed by atoms with van der Waals surface area (Å²) in [5.41, 5.74) is 3.04. The van der Waals surface area contributed by atoms with Crippen molar-refractivity contribution in [3.63, 3.8) is 0 Å². The number of thioether (sulfide) groups is 1. The molecule has 120 valence electrons. The number of benzene rings is 2. The van der Waals surface area contributed by atoms with E-state index in [9.17, 15) is 9.90 Å². The molecule has 0 bridgehead atoms. The van der Waals surface area contributed by atoms with Gasteiger partial charge in [0.15, 0.2) is 0 Å². The zero-order valence-electron chi connectivity index (χ0n) is 13.5. The van der Waals surface area contributed by atoms with E-state index in [0.29, 0.717) is 0 Å². The number of carbonyl (C=O) groups is 1. The maximum Gasteiger partial charge on any atom is 0.254 e. The van der Waals surface area contributed by atoms with Crippen molar-refractivity contribution in [3.05, 3.63) is 59.7 Å². The Hall–Kier alpha value is -1.78. The molecule has 0 spiro atoms. The number of para-hydroxylation sites is 1. The van der Waals surface area contributed by atoms with E-state index in [2.05, 4.69) is 38.2 Å². The van der Waals surface area contributed by atoms with Gasteiger partial charge in [0.2, 0.25) is 0 Å². The molecule has 2 atom stereocenters. The molecule has 0 saturated heterocycles. The molecular formula is C19H21NO2S. The van der Waals surface area contributed by atoms with E-state index in [1.807, 2.05) is 36.4 Å². The van der Waals surface area contributed by atoms with Crippen molar-refractivity contribution >= 4 is 23.4 Å². The van der Waals surface area contributed by atoms with Crippen molar-refractivity contribution in [3.8, 4) is 0 Å². The van der Waals surface area contributed by atoms with Gasteiger partial charge in [-0.2, -0.15) is 0 Å². The van der Waals surface area contributed by atoms with Gasteiger partial charge in [-0.3, -0.25) is 4.79 Å². The Labute approximate surface area is 141 Å². The molecule has 0 radical (unpaired) electrons. The lowest BCUT2D eigenvalue weighted by atomic mass is 9.86. The number of hydrogen-bond acceptors (Lipinski definition) is 3. The summed E-state index contributed by atoms with van der Waals surface area (Å²) in [4.78, 5) is 13.2. The van der Waals surface area contributed by atoms with E-state index < -0.39 is 6.10 Å². The lowest BCUT2D eigenvalue weighted by molar-refractivity contribution is -0.124. The van der Waals surface area contributed by atoms with E-state index >= 15 is 0 Å². The van der Waals surface area contributed by atoms with Gasteiger partial charge in [-0.25, -0.2) is 0 Å². The van der Waals surface area contributed by atoms with E-state index in [4.69, 9.17) is 0 Å². The van der Waals surface area contributed by atoms with Crippen LogP contribution in [0.2, 0.25) is 0 Å². The van der Waals surface area contributed by atoms with E-state index in [0.717, 1.165) is 16.1 Å². The summed E-state index contributed by atoms with van der Waals surface area (Å²) >= 11 is 1.52.